The maximum atomic E-state index is 12.7. The number of pyridine rings is 1. The normalized spacial score (nSPS) is 10.5. The van der Waals surface area contributed by atoms with Crippen molar-refractivity contribution in [2.24, 2.45) is 0 Å². The molecule has 0 aliphatic heterocycles. The second-order valence-electron chi connectivity index (χ2n) is 5.28. The fraction of sp³-hybridized carbons (Fsp3) is 0.167. The van der Waals surface area contributed by atoms with Crippen LogP contribution < -0.4 is 0 Å². The van der Waals surface area contributed by atoms with Gasteiger partial charge < -0.3 is 4.90 Å². The number of likely N-dealkylation sites (N-methyl/N-ethyl adjacent to an activating group) is 1. The fourth-order valence-electron chi connectivity index (χ4n) is 2.37. The summed E-state index contributed by atoms with van der Waals surface area (Å²) in [5.41, 5.74) is 2.45. The van der Waals surface area contributed by atoms with E-state index in [-0.39, 0.29) is 5.91 Å². The van der Waals surface area contributed by atoms with Gasteiger partial charge in [-0.15, -0.1) is 0 Å². The van der Waals surface area contributed by atoms with Gasteiger partial charge in [0.2, 0.25) is 0 Å². The third-order valence-electron chi connectivity index (χ3n) is 3.67. The zero-order valence-electron chi connectivity index (χ0n) is 13.0. The van der Waals surface area contributed by atoms with Crippen LogP contribution in [-0.2, 0) is 6.42 Å². The standard InChI is InChI=1S/C18H18N4O/c1-21(12-10-15-7-5-6-11-20-15)18(23)17-13-19-14-22(17)16-8-3-2-4-9-16/h2-9,11,13-14H,10,12H2,1H3. The Balaban J connectivity index is 1.72. The first kappa shape index (κ1) is 15.0. The summed E-state index contributed by atoms with van der Waals surface area (Å²) in [4.78, 5) is 22.8. The van der Waals surface area contributed by atoms with Crippen molar-refractivity contribution < 1.29 is 4.79 Å². The Labute approximate surface area is 135 Å². The number of hydrogen-bond donors (Lipinski definition) is 0. The van der Waals surface area contributed by atoms with Gasteiger partial charge in [0.15, 0.2) is 0 Å². The van der Waals surface area contributed by atoms with Crippen LogP contribution >= 0.6 is 0 Å². The summed E-state index contributed by atoms with van der Waals surface area (Å²) >= 11 is 0. The van der Waals surface area contributed by atoms with Crippen LogP contribution in [0.15, 0.2) is 67.3 Å². The topological polar surface area (TPSA) is 51.0 Å². The molecule has 0 radical (unpaired) electrons. The number of hydrogen-bond acceptors (Lipinski definition) is 3. The molecule has 1 amide bonds. The fourth-order valence-corrected chi connectivity index (χ4v) is 2.37. The summed E-state index contributed by atoms with van der Waals surface area (Å²) in [5.74, 6) is -0.0534. The van der Waals surface area contributed by atoms with Gasteiger partial charge in [0.25, 0.3) is 5.91 Å². The maximum absolute atomic E-state index is 12.7. The monoisotopic (exact) mass is 306 g/mol. The van der Waals surface area contributed by atoms with Crippen LogP contribution in [0.2, 0.25) is 0 Å². The Morgan fingerprint density at radius 2 is 1.91 bits per heavy atom. The van der Waals surface area contributed by atoms with Crippen molar-refractivity contribution in [1.82, 2.24) is 19.4 Å². The first-order valence-corrected chi connectivity index (χ1v) is 7.49. The van der Waals surface area contributed by atoms with Crippen molar-refractivity contribution in [3.05, 3.63) is 78.6 Å². The molecule has 0 aliphatic rings. The summed E-state index contributed by atoms with van der Waals surface area (Å²) in [6.45, 7) is 0.607. The third-order valence-corrected chi connectivity index (χ3v) is 3.67. The Kier molecular flexibility index (Phi) is 4.47. The molecule has 0 N–H and O–H groups in total. The molecule has 0 atom stereocenters. The molecular weight excluding hydrogens is 288 g/mol. The zero-order chi connectivity index (χ0) is 16.1. The van der Waals surface area contributed by atoms with Crippen molar-refractivity contribution in [2.75, 3.05) is 13.6 Å². The van der Waals surface area contributed by atoms with E-state index < -0.39 is 0 Å². The second-order valence-corrected chi connectivity index (χ2v) is 5.28. The minimum absolute atomic E-state index is 0.0534. The lowest BCUT2D eigenvalue weighted by Crippen LogP contribution is -2.30. The second kappa shape index (κ2) is 6.87. The van der Waals surface area contributed by atoms with E-state index in [1.165, 1.54) is 0 Å². The van der Waals surface area contributed by atoms with E-state index in [4.69, 9.17) is 0 Å². The van der Waals surface area contributed by atoms with E-state index in [0.717, 1.165) is 17.8 Å². The van der Waals surface area contributed by atoms with Gasteiger partial charge in [0.1, 0.15) is 5.69 Å². The van der Waals surface area contributed by atoms with E-state index in [0.29, 0.717) is 12.2 Å². The van der Waals surface area contributed by atoms with Crippen LogP contribution in [0.4, 0.5) is 0 Å². The summed E-state index contributed by atoms with van der Waals surface area (Å²) in [7, 11) is 1.80. The first-order chi connectivity index (χ1) is 11.3. The van der Waals surface area contributed by atoms with Crippen LogP contribution in [0.1, 0.15) is 16.2 Å². The number of rotatable bonds is 5. The van der Waals surface area contributed by atoms with Crippen molar-refractivity contribution in [3.63, 3.8) is 0 Å². The molecule has 0 unspecified atom stereocenters. The van der Waals surface area contributed by atoms with Crippen LogP contribution in [0.25, 0.3) is 5.69 Å². The van der Waals surface area contributed by atoms with Crippen molar-refractivity contribution >= 4 is 5.91 Å². The molecule has 116 valence electrons. The third kappa shape index (κ3) is 3.45. The molecule has 0 bridgehead atoms. The van der Waals surface area contributed by atoms with Gasteiger partial charge in [-0.2, -0.15) is 0 Å². The lowest BCUT2D eigenvalue weighted by Gasteiger charge is -2.17. The van der Waals surface area contributed by atoms with Gasteiger partial charge >= 0.3 is 0 Å². The van der Waals surface area contributed by atoms with Crippen LogP contribution in [0.5, 0.6) is 0 Å². The first-order valence-electron chi connectivity index (χ1n) is 7.49. The Morgan fingerprint density at radius 3 is 2.65 bits per heavy atom. The van der Waals surface area contributed by atoms with Crippen LogP contribution in [0, 0.1) is 0 Å². The van der Waals surface area contributed by atoms with Gasteiger partial charge in [-0.25, -0.2) is 4.98 Å². The van der Waals surface area contributed by atoms with Crippen molar-refractivity contribution in [1.29, 1.82) is 0 Å². The lowest BCUT2D eigenvalue weighted by molar-refractivity contribution is 0.0788. The molecule has 0 spiro atoms. The molecular formula is C18H18N4O. The Hall–Kier alpha value is -2.95. The number of benzene rings is 1. The molecule has 1 aromatic carbocycles. The van der Waals surface area contributed by atoms with Gasteiger partial charge in [-0.05, 0) is 24.3 Å². The van der Waals surface area contributed by atoms with Gasteiger partial charge in [-0.3, -0.25) is 14.3 Å². The molecule has 5 nitrogen and oxygen atoms in total. The molecule has 0 fully saturated rings. The van der Waals surface area contributed by atoms with Crippen molar-refractivity contribution in [3.8, 4) is 5.69 Å². The van der Waals surface area contributed by atoms with Crippen LogP contribution in [-0.4, -0.2) is 38.9 Å². The quantitative estimate of drug-likeness (QED) is 0.728. The minimum atomic E-state index is -0.0534. The number of imidazole rings is 1. The van der Waals surface area contributed by atoms with E-state index in [2.05, 4.69) is 9.97 Å². The highest BCUT2D eigenvalue weighted by Gasteiger charge is 2.17. The van der Waals surface area contributed by atoms with Gasteiger partial charge in [-0.1, -0.05) is 24.3 Å². The highest BCUT2D eigenvalue weighted by atomic mass is 16.2. The zero-order valence-corrected chi connectivity index (χ0v) is 13.0. The molecule has 0 saturated carbocycles. The molecule has 3 rings (SSSR count). The lowest BCUT2D eigenvalue weighted by atomic mass is 10.2. The highest BCUT2D eigenvalue weighted by Crippen LogP contribution is 2.12. The molecule has 3 aromatic rings. The molecule has 5 heteroatoms. The minimum Gasteiger partial charge on any atom is -0.340 e. The predicted octanol–water partition coefficient (Wildman–Crippen LogP) is 2.58. The Morgan fingerprint density at radius 1 is 1.13 bits per heavy atom. The summed E-state index contributed by atoms with van der Waals surface area (Å²) in [5, 5.41) is 0. The highest BCUT2D eigenvalue weighted by molar-refractivity contribution is 5.92. The summed E-state index contributed by atoms with van der Waals surface area (Å²) in [6.07, 6.45) is 5.76. The summed E-state index contributed by atoms with van der Waals surface area (Å²) < 4.78 is 1.81. The number of amides is 1. The molecule has 0 saturated heterocycles. The van der Waals surface area contributed by atoms with E-state index in [9.17, 15) is 4.79 Å². The average Bonchev–Trinajstić information content (AvgIpc) is 3.10. The number of nitrogens with zero attached hydrogens (tertiary/aromatic N) is 4. The number of carbonyl (C=O) groups is 1. The number of aromatic nitrogens is 3. The molecule has 0 aliphatic carbocycles. The molecule has 2 heterocycles. The molecule has 2 aromatic heterocycles. The largest absolute Gasteiger partial charge is 0.340 e. The molecule has 23 heavy (non-hydrogen) atoms. The van der Waals surface area contributed by atoms with E-state index >= 15 is 0 Å². The maximum Gasteiger partial charge on any atom is 0.272 e. The SMILES string of the molecule is CN(CCc1ccccn1)C(=O)c1cncn1-c1ccccc1. The van der Waals surface area contributed by atoms with Crippen LogP contribution in [0.3, 0.4) is 0 Å². The predicted molar refractivity (Wildman–Crippen MR) is 88.5 cm³/mol. The number of para-hydroxylation sites is 1. The van der Waals surface area contributed by atoms with E-state index in [1.807, 2.05) is 48.5 Å². The number of carbonyl (C=O) groups excluding carboxylic acids is 1. The van der Waals surface area contributed by atoms with Crippen molar-refractivity contribution in [2.45, 2.75) is 6.42 Å². The van der Waals surface area contributed by atoms with Gasteiger partial charge in [0, 0.05) is 37.6 Å². The van der Waals surface area contributed by atoms with E-state index in [1.54, 1.807) is 35.2 Å². The smallest absolute Gasteiger partial charge is 0.272 e. The Bertz CT molecular complexity index is 768. The summed E-state index contributed by atoms with van der Waals surface area (Å²) in [6, 6.07) is 15.5. The average molecular weight is 306 g/mol. The van der Waals surface area contributed by atoms with Gasteiger partial charge in [0.05, 0.1) is 12.5 Å².